The molecule has 0 spiro atoms. The van der Waals surface area contributed by atoms with Gasteiger partial charge in [0, 0.05) is 11.6 Å². The largest absolute Gasteiger partial charge is 0.389 e. The van der Waals surface area contributed by atoms with Gasteiger partial charge in [-0.1, -0.05) is 49.1 Å². The zero-order chi connectivity index (χ0) is 14.6. The lowest BCUT2D eigenvalue weighted by molar-refractivity contribution is 0.00944. The number of rotatable bonds is 5. The minimum atomic E-state index is -3.49. The first-order valence-electron chi connectivity index (χ1n) is 6.83. The molecule has 0 amide bonds. The first-order valence-corrected chi connectivity index (χ1v) is 8.86. The van der Waals surface area contributed by atoms with Gasteiger partial charge in [0.05, 0.1) is 11.4 Å². The van der Waals surface area contributed by atoms with Crippen LogP contribution in [0.2, 0.25) is 5.02 Å². The van der Waals surface area contributed by atoms with Crippen LogP contribution in [-0.2, 0) is 15.8 Å². The van der Waals surface area contributed by atoms with E-state index < -0.39 is 15.6 Å². The summed E-state index contributed by atoms with van der Waals surface area (Å²) in [5.41, 5.74) is -0.330. The number of aliphatic hydroxyl groups is 1. The summed E-state index contributed by atoms with van der Waals surface area (Å²) in [6.07, 6.45) is 4.31. The van der Waals surface area contributed by atoms with Gasteiger partial charge in [-0.15, -0.1) is 0 Å². The molecule has 1 aromatic carbocycles. The van der Waals surface area contributed by atoms with Gasteiger partial charge in [-0.25, -0.2) is 13.1 Å². The van der Waals surface area contributed by atoms with Gasteiger partial charge in [0.15, 0.2) is 0 Å². The fraction of sp³-hybridized carbons (Fsp3) is 0.571. The minimum Gasteiger partial charge on any atom is -0.389 e. The van der Waals surface area contributed by atoms with Gasteiger partial charge in [-0.2, -0.15) is 0 Å². The lowest BCUT2D eigenvalue weighted by Gasteiger charge is -2.32. The van der Waals surface area contributed by atoms with E-state index in [4.69, 9.17) is 11.6 Å². The molecule has 1 saturated carbocycles. The van der Waals surface area contributed by atoms with E-state index in [-0.39, 0.29) is 12.3 Å². The molecule has 0 radical (unpaired) electrons. The van der Waals surface area contributed by atoms with Gasteiger partial charge in [0.2, 0.25) is 10.0 Å². The molecular formula is C14H20ClNO3S. The number of halogens is 1. The highest BCUT2D eigenvalue weighted by Gasteiger charge is 2.30. The normalized spacial score (nSPS) is 18.9. The molecule has 0 atom stereocenters. The third-order valence-corrected chi connectivity index (χ3v) is 5.35. The fourth-order valence-electron chi connectivity index (χ4n) is 2.50. The van der Waals surface area contributed by atoms with Crippen LogP contribution >= 0.6 is 11.6 Å². The molecule has 0 bridgehead atoms. The van der Waals surface area contributed by atoms with Crippen LogP contribution in [0.4, 0.5) is 0 Å². The molecule has 20 heavy (non-hydrogen) atoms. The average molecular weight is 318 g/mol. The van der Waals surface area contributed by atoms with Crippen LogP contribution in [0.5, 0.6) is 0 Å². The summed E-state index contributed by atoms with van der Waals surface area (Å²) in [6, 6.07) is 6.87. The predicted molar refractivity (Wildman–Crippen MR) is 80.1 cm³/mol. The smallest absolute Gasteiger partial charge is 0.215 e. The Labute approximate surface area is 125 Å². The van der Waals surface area contributed by atoms with Crippen LogP contribution in [0.15, 0.2) is 24.3 Å². The molecule has 0 heterocycles. The number of benzene rings is 1. The first kappa shape index (κ1) is 15.8. The third kappa shape index (κ3) is 4.45. The van der Waals surface area contributed by atoms with E-state index >= 15 is 0 Å². The maximum Gasteiger partial charge on any atom is 0.215 e. The topological polar surface area (TPSA) is 66.4 Å². The summed E-state index contributed by atoms with van der Waals surface area (Å²) in [5, 5.41) is 10.7. The number of hydrogen-bond donors (Lipinski definition) is 2. The molecule has 1 aliphatic rings. The van der Waals surface area contributed by atoms with E-state index in [2.05, 4.69) is 4.72 Å². The molecule has 2 N–H and O–H groups in total. The van der Waals surface area contributed by atoms with Gasteiger partial charge in [0.25, 0.3) is 0 Å². The van der Waals surface area contributed by atoms with Gasteiger partial charge in [0.1, 0.15) is 0 Å². The average Bonchev–Trinajstić information content (AvgIpc) is 2.40. The molecular weight excluding hydrogens is 298 g/mol. The zero-order valence-electron chi connectivity index (χ0n) is 11.3. The van der Waals surface area contributed by atoms with Crippen molar-refractivity contribution in [3.63, 3.8) is 0 Å². The maximum absolute atomic E-state index is 12.1. The molecule has 4 nitrogen and oxygen atoms in total. The second-order valence-corrected chi connectivity index (χ2v) is 7.67. The van der Waals surface area contributed by atoms with Crippen LogP contribution in [-0.4, -0.2) is 25.7 Å². The summed E-state index contributed by atoms with van der Waals surface area (Å²) in [6.45, 7) is 0.0831. The SMILES string of the molecule is O=S(=O)(Cc1ccccc1Cl)NCC1(O)CCCCC1. The maximum atomic E-state index is 12.1. The summed E-state index contributed by atoms with van der Waals surface area (Å²) in [4.78, 5) is 0. The Balaban J connectivity index is 1.96. The van der Waals surface area contributed by atoms with Crippen molar-refractivity contribution < 1.29 is 13.5 Å². The monoisotopic (exact) mass is 317 g/mol. The van der Waals surface area contributed by atoms with Crippen molar-refractivity contribution in [3.8, 4) is 0 Å². The lowest BCUT2D eigenvalue weighted by atomic mass is 9.85. The highest BCUT2D eigenvalue weighted by Crippen LogP contribution is 2.27. The highest BCUT2D eigenvalue weighted by atomic mass is 35.5. The minimum absolute atomic E-state index is 0.0831. The van der Waals surface area contributed by atoms with Crippen LogP contribution < -0.4 is 4.72 Å². The molecule has 0 unspecified atom stereocenters. The van der Waals surface area contributed by atoms with Gasteiger partial charge in [-0.05, 0) is 24.5 Å². The van der Waals surface area contributed by atoms with Crippen molar-refractivity contribution in [2.45, 2.75) is 43.5 Å². The third-order valence-electron chi connectivity index (χ3n) is 3.71. The van der Waals surface area contributed by atoms with Crippen LogP contribution in [0.1, 0.15) is 37.7 Å². The Morgan fingerprint density at radius 1 is 1.20 bits per heavy atom. The van der Waals surface area contributed by atoms with Gasteiger partial charge >= 0.3 is 0 Å². The Morgan fingerprint density at radius 2 is 1.85 bits per heavy atom. The van der Waals surface area contributed by atoms with Crippen molar-refractivity contribution in [1.29, 1.82) is 0 Å². The molecule has 6 heteroatoms. The Morgan fingerprint density at radius 3 is 2.50 bits per heavy atom. The lowest BCUT2D eigenvalue weighted by Crippen LogP contribution is -2.44. The number of hydrogen-bond acceptors (Lipinski definition) is 3. The molecule has 1 fully saturated rings. The predicted octanol–water partition coefficient (Wildman–Crippen LogP) is 2.45. The quantitative estimate of drug-likeness (QED) is 0.876. The molecule has 0 saturated heterocycles. The van der Waals surface area contributed by atoms with Crippen molar-refractivity contribution in [2.75, 3.05) is 6.54 Å². The van der Waals surface area contributed by atoms with E-state index in [1.807, 2.05) is 0 Å². The summed E-state index contributed by atoms with van der Waals surface area (Å²) in [7, 11) is -3.49. The Hall–Kier alpha value is -0.620. The summed E-state index contributed by atoms with van der Waals surface area (Å²) < 4.78 is 26.6. The second-order valence-electron chi connectivity index (χ2n) is 5.46. The molecule has 0 aromatic heterocycles. The molecule has 2 rings (SSSR count). The van der Waals surface area contributed by atoms with E-state index in [0.717, 1.165) is 19.3 Å². The van der Waals surface area contributed by atoms with E-state index in [9.17, 15) is 13.5 Å². The van der Waals surface area contributed by atoms with Crippen molar-refractivity contribution in [2.24, 2.45) is 0 Å². The Bertz CT molecular complexity index is 553. The van der Waals surface area contributed by atoms with Crippen molar-refractivity contribution >= 4 is 21.6 Å². The van der Waals surface area contributed by atoms with Crippen LogP contribution in [0.25, 0.3) is 0 Å². The van der Waals surface area contributed by atoms with Crippen LogP contribution in [0, 0.1) is 0 Å². The summed E-state index contributed by atoms with van der Waals surface area (Å²) >= 11 is 5.96. The zero-order valence-corrected chi connectivity index (χ0v) is 12.9. The second kappa shape index (κ2) is 6.43. The molecule has 1 aromatic rings. The number of nitrogens with one attached hydrogen (secondary N) is 1. The van der Waals surface area contributed by atoms with Crippen molar-refractivity contribution in [1.82, 2.24) is 4.72 Å². The van der Waals surface area contributed by atoms with E-state index in [1.54, 1.807) is 24.3 Å². The molecule has 1 aliphatic carbocycles. The van der Waals surface area contributed by atoms with E-state index in [0.29, 0.717) is 23.4 Å². The van der Waals surface area contributed by atoms with E-state index in [1.165, 1.54) is 0 Å². The first-order chi connectivity index (χ1) is 9.40. The highest BCUT2D eigenvalue weighted by molar-refractivity contribution is 7.88. The number of sulfonamides is 1. The molecule has 112 valence electrons. The van der Waals surface area contributed by atoms with Crippen molar-refractivity contribution in [3.05, 3.63) is 34.9 Å². The molecule has 0 aliphatic heterocycles. The summed E-state index contributed by atoms with van der Waals surface area (Å²) in [5.74, 6) is -0.164. The van der Waals surface area contributed by atoms with Gasteiger partial charge in [-0.3, -0.25) is 0 Å². The fourth-order valence-corrected chi connectivity index (χ4v) is 4.04. The Kier molecular flexibility index (Phi) is 5.07. The standard InChI is InChI=1S/C14H20ClNO3S/c15-13-7-3-2-6-12(13)10-20(18,19)16-11-14(17)8-4-1-5-9-14/h2-3,6-7,16-17H,1,4-5,8-11H2. The van der Waals surface area contributed by atoms with Gasteiger partial charge < -0.3 is 5.11 Å². The van der Waals surface area contributed by atoms with Crippen LogP contribution in [0.3, 0.4) is 0 Å².